The zero-order valence-corrected chi connectivity index (χ0v) is 21.0. The number of nitrogens with one attached hydrogen (secondary N) is 1. The van der Waals surface area contributed by atoms with Gasteiger partial charge in [0.15, 0.2) is 0 Å². The molecule has 1 aromatic heterocycles. The molecule has 0 radical (unpaired) electrons. The number of nitrogens with zero attached hydrogens (tertiary/aromatic N) is 4. The Kier molecular flexibility index (Phi) is 6.03. The fraction of sp³-hybridized carbons (Fsp3) is 0.679. The van der Waals surface area contributed by atoms with Crippen LogP contribution >= 0.6 is 0 Å². The third kappa shape index (κ3) is 4.02. The van der Waals surface area contributed by atoms with Gasteiger partial charge in [0, 0.05) is 68.4 Å². The number of rotatable bonds is 5. The highest BCUT2D eigenvalue weighted by Crippen LogP contribution is 2.44. The van der Waals surface area contributed by atoms with Gasteiger partial charge >= 0.3 is 0 Å². The molecule has 0 aliphatic carbocycles. The Balaban J connectivity index is 1.17. The van der Waals surface area contributed by atoms with Crippen LogP contribution in [-0.2, 0) is 13.0 Å². The zero-order chi connectivity index (χ0) is 23.4. The van der Waals surface area contributed by atoms with Crippen LogP contribution < -0.4 is 5.32 Å². The van der Waals surface area contributed by atoms with Gasteiger partial charge in [0.1, 0.15) is 11.6 Å². The van der Waals surface area contributed by atoms with E-state index < -0.39 is 0 Å². The second-order valence-corrected chi connectivity index (χ2v) is 11.5. The molecule has 1 aromatic carbocycles. The molecule has 0 spiro atoms. The van der Waals surface area contributed by atoms with Crippen molar-refractivity contribution in [3.63, 3.8) is 0 Å². The van der Waals surface area contributed by atoms with E-state index in [1.165, 1.54) is 42.9 Å². The molecule has 6 heteroatoms. The van der Waals surface area contributed by atoms with E-state index in [0.717, 1.165) is 44.7 Å². The molecule has 34 heavy (non-hydrogen) atoms. The van der Waals surface area contributed by atoms with Crippen molar-refractivity contribution in [3.05, 3.63) is 52.9 Å². The number of imidazole rings is 1. The lowest BCUT2D eigenvalue weighted by Gasteiger charge is -2.42. The van der Waals surface area contributed by atoms with Gasteiger partial charge in [-0.2, -0.15) is 0 Å². The van der Waals surface area contributed by atoms with Gasteiger partial charge in [-0.25, -0.2) is 9.37 Å². The SMILES string of the molecule is Cc1nc2c(n1C1CC3CC[C@@H](C1)N3CC1CNC[C@@H]1c1cccc(F)c1)CCN(C(C)C)C2. The summed E-state index contributed by atoms with van der Waals surface area (Å²) in [6.45, 7) is 12.1. The maximum absolute atomic E-state index is 13.9. The number of aromatic nitrogens is 2. The van der Waals surface area contributed by atoms with Gasteiger partial charge < -0.3 is 9.88 Å². The molecule has 0 amide bonds. The van der Waals surface area contributed by atoms with Crippen LogP contribution in [0, 0.1) is 18.7 Å². The molecular weight excluding hydrogens is 425 g/mol. The number of fused-ring (bicyclic) bond motifs is 3. The molecule has 3 fully saturated rings. The highest BCUT2D eigenvalue weighted by atomic mass is 19.1. The summed E-state index contributed by atoms with van der Waals surface area (Å²) in [5.74, 6) is 2.09. The molecular formula is C28H40FN5. The van der Waals surface area contributed by atoms with Crippen LogP contribution in [0.25, 0.3) is 0 Å². The van der Waals surface area contributed by atoms with E-state index in [1.807, 2.05) is 6.07 Å². The van der Waals surface area contributed by atoms with Gasteiger partial charge in [0.2, 0.25) is 0 Å². The predicted molar refractivity (Wildman–Crippen MR) is 134 cm³/mol. The minimum atomic E-state index is -0.111. The van der Waals surface area contributed by atoms with Crippen LogP contribution in [0.1, 0.15) is 74.3 Å². The minimum absolute atomic E-state index is 0.111. The number of benzene rings is 1. The number of hydrogen-bond donors (Lipinski definition) is 1. The fourth-order valence-corrected chi connectivity index (χ4v) is 7.56. The van der Waals surface area contributed by atoms with Crippen LogP contribution in [0.15, 0.2) is 24.3 Å². The van der Waals surface area contributed by atoms with Crippen molar-refractivity contribution >= 4 is 0 Å². The van der Waals surface area contributed by atoms with Gasteiger partial charge in [-0.1, -0.05) is 12.1 Å². The van der Waals surface area contributed by atoms with Gasteiger partial charge in [-0.15, -0.1) is 0 Å². The Morgan fingerprint density at radius 1 is 1.12 bits per heavy atom. The van der Waals surface area contributed by atoms with Gasteiger partial charge in [-0.3, -0.25) is 9.80 Å². The first-order valence-corrected chi connectivity index (χ1v) is 13.5. The maximum Gasteiger partial charge on any atom is 0.123 e. The second-order valence-electron chi connectivity index (χ2n) is 11.5. The molecule has 3 saturated heterocycles. The summed E-state index contributed by atoms with van der Waals surface area (Å²) in [4.78, 5) is 10.4. The Morgan fingerprint density at radius 2 is 1.91 bits per heavy atom. The highest BCUT2D eigenvalue weighted by Gasteiger charge is 2.44. The van der Waals surface area contributed by atoms with Crippen molar-refractivity contribution in [1.82, 2.24) is 24.7 Å². The lowest BCUT2D eigenvalue weighted by atomic mass is 9.87. The van der Waals surface area contributed by atoms with Crippen molar-refractivity contribution in [1.29, 1.82) is 0 Å². The van der Waals surface area contributed by atoms with Gasteiger partial charge in [-0.05, 0) is 76.6 Å². The van der Waals surface area contributed by atoms with E-state index in [4.69, 9.17) is 4.98 Å². The summed E-state index contributed by atoms with van der Waals surface area (Å²) in [6, 6.07) is 9.80. The summed E-state index contributed by atoms with van der Waals surface area (Å²) in [5.41, 5.74) is 3.99. The Morgan fingerprint density at radius 3 is 2.65 bits per heavy atom. The van der Waals surface area contributed by atoms with Crippen molar-refractivity contribution in [3.8, 4) is 0 Å². The molecule has 3 unspecified atom stereocenters. The monoisotopic (exact) mass is 465 g/mol. The number of piperidine rings is 1. The summed E-state index contributed by atoms with van der Waals surface area (Å²) in [6.07, 6.45) is 6.27. The van der Waals surface area contributed by atoms with Crippen LogP contribution in [0.4, 0.5) is 4.39 Å². The largest absolute Gasteiger partial charge is 0.329 e. The summed E-state index contributed by atoms with van der Waals surface area (Å²) in [5, 5.41) is 3.60. The summed E-state index contributed by atoms with van der Waals surface area (Å²) < 4.78 is 16.5. The van der Waals surface area contributed by atoms with E-state index >= 15 is 0 Å². The van der Waals surface area contributed by atoms with E-state index in [-0.39, 0.29) is 5.82 Å². The molecule has 2 bridgehead atoms. The first-order chi connectivity index (χ1) is 16.5. The summed E-state index contributed by atoms with van der Waals surface area (Å²) >= 11 is 0. The number of aryl methyl sites for hydroxylation is 1. The molecule has 4 aliphatic rings. The number of halogens is 1. The average Bonchev–Trinajstić information content (AvgIpc) is 3.47. The van der Waals surface area contributed by atoms with Crippen molar-refractivity contribution in [2.45, 2.75) is 89.5 Å². The van der Waals surface area contributed by atoms with Gasteiger partial charge in [0.05, 0.1) is 5.69 Å². The summed E-state index contributed by atoms with van der Waals surface area (Å²) in [7, 11) is 0. The Hall–Kier alpha value is -1.76. The van der Waals surface area contributed by atoms with E-state index in [2.05, 4.69) is 46.5 Å². The standard InChI is InChI=1S/C28H40FN5/c1-18(2)32-10-9-28-27(17-32)31-19(3)34(28)25-12-23-7-8-24(13-25)33(23)16-21-14-30-15-26(21)20-5-4-6-22(29)11-20/h4-6,11,18,21,23-26,30H,7-10,12-17H2,1-3H3/t21?,23-,24?,25?,26+/m0/s1. The number of hydrogen-bond acceptors (Lipinski definition) is 4. The Labute approximate surface area is 203 Å². The van der Waals surface area contributed by atoms with Crippen molar-refractivity contribution in [2.24, 2.45) is 5.92 Å². The van der Waals surface area contributed by atoms with Gasteiger partial charge in [0.25, 0.3) is 0 Å². The maximum atomic E-state index is 13.9. The van der Waals surface area contributed by atoms with Crippen LogP contribution in [0.5, 0.6) is 0 Å². The molecule has 1 N–H and O–H groups in total. The third-order valence-electron chi connectivity index (χ3n) is 9.27. The van der Waals surface area contributed by atoms with E-state index in [0.29, 0.717) is 36.0 Å². The molecule has 5 heterocycles. The minimum Gasteiger partial charge on any atom is -0.329 e. The topological polar surface area (TPSA) is 36.3 Å². The lowest BCUT2D eigenvalue weighted by Crippen LogP contribution is -2.47. The van der Waals surface area contributed by atoms with Crippen LogP contribution in [0.3, 0.4) is 0 Å². The van der Waals surface area contributed by atoms with E-state index in [9.17, 15) is 4.39 Å². The highest BCUT2D eigenvalue weighted by molar-refractivity contribution is 5.24. The quantitative estimate of drug-likeness (QED) is 0.716. The molecule has 5 nitrogen and oxygen atoms in total. The zero-order valence-electron chi connectivity index (χ0n) is 21.0. The molecule has 0 saturated carbocycles. The molecule has 6 rings (SSSR count). The normalized spacial score (nSPS) is 32.0. The van der Waals surface area contributed by atoms with E-state index in [1.54, 1.807) is 12.1 Å². The first-order valence-electron chi connectivity index (χ1n) is 13.5. The fourth-order valence-electron chi connectivity index (χ4n) is 7.56. The smallest absolute Gasteiger partial charge is 0.123 e. The molecule has 184 valence electrons. The molecule has 5 atom stereocenters. The first kappa shape index (κ1) is 22.7. The second kappa shape index (κ2) is 9.03. The third-order valence-corrected chi connectivity index (χ3v) is 9.27. The van der Waals surface area contributed by atoms with Crippen LogP contribution in [-0.4, -0.2) is 63.7 Å². The van der Waals surface area contributed by atoms with Crippen molar-refractivity contribution < 1.29 is 4.39 Å². The van der Waals surface area contributed by atoms with Crippen LogP contribution in [0.2, 0.25) is 0 Å². The Bertz CT molecular complexity index is 1020. The molecule has 2 aromatic rings. The average molecular weight is 466 g/mol. The molecule has 4 aliphatic heterocycles. The van der Waals surface area contributed by atoms with Crippen molar-refractivity contribution in [2.75, 3.05) is 26.2 Å². The predicted octanol–water partition coefficient (Wildman–Crippen LogP) is 4.27. The lowest BCUT2D eigenvalue weighted by molar-refractivity contribution is 0.0869.